The van der Waals surface area contributed by atoms with Crippen molar-refractivity contribution in [2.24, 2.45) is 5.10 Å². The molecule has 0 aliphatic heterocycles. The van der Waals surface area contributed by atoms with E-state index in [1.165, 1.54) is 16.3 Å². The first-order valence-electron chi connectivity index (χ1n) is 9.00. The number of nitrogens with zero attached hydrogens (tertiary/aromatic N) is 1. The summed E-state index contributed by atoms with van der Waals surface area (Å²) < 4.78 is 0. The summed E-state index contributed by atoms with van der Waals surface area (Å²) in [4.78, 5) is 15.5. The molecule has 0 aliphatic carbocycles. The largest absolute Gasteiger partial charge is 0.358 e. The summed E-state index contributed by atoms with van der Waals surface area (Å²) in [7, 11) is 0. The van der Waals surface area contributed by atoms with Crippen LogP contribution in [0.2, 0.25) is 0 Å². The molecule has 0 spiro atoms. The molecule has 4 nitrogen and oxygen atoms in total. The van der Waals surface area contributed by atoms with Gasteiger partial charge in [-0.05, 0) is 47.7 Å². The van der Waals surface area contributed by atoms with E-state index in [0.29, 0.717) is 0 Å². The molecule has 0 saturated carbocycles. The molecular formula is C23H21N3O. The van der Waals surface area contributed by atoms with Gasteiger partial charge in [-0.2, -0.15) is 5.10 Å². The predicted octanol–water partition coefficient (Wildman–Crippen LogP) is 4.71. The SMILES string of the molecule is C/C(=N\NC(=O)Cc1cc2ccccc2[nH]1)c1ccc2ccccc2c1C. The smallest absolute Gasteiger partial charge is 0.245 e. The minimum absolute atomic E-state index is 0.139. The summed E-state index contributed by atoms with van der Waals surface area (Å²) in [6.07, 6.45) is 0.266. The molecule has 3 aromatic carbocycles. The number of fused-ring (bicyclic) bond motifs is 2. The molecule has 134 valence electrons. The van der Waals surface area contributed by atoms with Crippen LogP contribution in [0.25, 0.3) is 21.7 Å². The third-order valence-electron chi connectivity index (χ3n) is 4.87. The molecule has 0 bridgehead atoms. The second kappa shape index (κ2) is 7.08. The van der Waals surface area contributed by atoms with Gasteiger partial charge in [0.1, 0.15) is 0 Å². The number of hydrogen-bond donors (Lipinski definition) is 2. The van der Waals surface area contributed by atoms with Crippen molar-refractivity contribution in [3.8, 4) is 0 Å². The van der Waals surface area contributed by atoms with Gasteiger partial charge in [-0.1, -0.05) is 54.6 Å². The van der Waals surface area contributed by atoms with E-state index in [1.807, 2.05) is 49.4 Å². The molecular weight excluding hydrogens is 334 g/mol. The Bertz CT molecular complexity index is 1140. The molecule has 0 unspecified atom stereocenters. The number of hydrazone groups is 1. The van der Waals surface area contributed by atoms with Crippen LogP contribution < -0.4 is 5.43 Å². The Labute approximate surface area is 157 Å². The second-order valence-corrected chi connectivity index (χ2v) is 6.75. The van der Waals surface area contributed by atoms with E-state index in [1.54, 1.807) is 0 Å². The number of nitrogens with one attached hydrogen (secondary N) is 2. The Morgan fingerprint density at radius 1 is 1.00 bits per heavy atom. The van der Waals surface area contributed by atoms with E-state index in [0.717, 1.165) is 27.9 Å². The van der Waals surface area contributed by atoms with Crippen LogP contribution in [0.1, 0.15) is 23.7 Å². The van der Waals surface area contributed by atoms with Crippen LogP contribution in [0.5, 0.6) is 0 Å². The normalized spacial score (nSPS) is 11.9. The lowest BCUT2D eigenvalue weighted by Gasteiger charge is -2.09. The Hall–Kier alpha value is -3.40. The highest BCUT2D eigenvalue weighted by atomic mass is 16.2. The first kappa shape index (κ1) is 17.0. The van der Waals surface area contributed by atoms with Crippen LogP contribution in [0.3, 0.4) is 0 Å². The zero-order chi connectivity index (χ0) is 18.8. The van der Waals surface area contributed by atoms with Crippen molar-refractivity contribution in [2.45, 2.75) is 20.3 Å². The lowest BCUT2D eigenvalue weighted by atomic mass is 9.98. The van der Waals surface area contributed by atoms with Gasteiger partial charge in [-0.25, -0.2) is 5.43 Å². The average Bonchev–Trinajstić information content (AvgIpc) is 3.09. The maximum atomic E-state index is 12.3. The fourth-order valence-electron chi connectivity index (χ4n) is 3.47. The molecule has 0 radical (unpaired) electrons. The van der Waals surface area contributed by atoms with Crippen molar-refractivity contribution >= 4 is 33.3 Å². The number of aromatic amines is 1. The third kappa shape index (κ3) is 3.47. The van der Waals surface area contributed by atoms with Gasteiger partial charge in [0.15, 0.2) is 0 Å². The van der Waals surface area contributed by atoms with Crippen molar-refractivity contribution in [3.05, 3.63) is 83.6 Å². The standard InChI is InChI=1S/C23H21N3O/c1-15-20(12-11-17-7-3-5-9-21(15)17)16(2)25-26-23(27)14-19-13-18-8-4-6-10-22(18)24-19/h3-13,24H,14H2,1-2H3,(H,26,27)/b25-16+. The van der Waals surface area contributed by atoms with E-state index in [-0.39, 0.29) is 12.3 Å². The summed E-state index contributed by atoms with van der Waals surface area (Å²) >= 11 is 0. The quantitative estimate of drug-likeness (QED) is 0.404. The highest BCUT2D eigenvalue weighted by Crippen LogP contribution is 2.22. The van der Waals surface area contributed by atoms with Gasteiger partial charge in [0, 0.05) is 16.8 Å². The zero-order valence-electron chi connectivity index (χ0n) is 15.4. The molecule has 4 aromatic rings. The number of rotatable bonds is 4. The number of aromatic nitrogens is 1. The molecule has 2 N–H and O–H groups in total. The molecule has 1 amide bonds. The molecule has 4 heteroatoms. The van der Waals surface area contributed by atoms with Crippen LogP contribution in [0.15, 0.2) is 71.8 Å². The summed E-state index contributed by atoms with van der Waals surface area (Å²) in [5, 5.41) is 7.82. The number of aryl methyl sites for hydroxylation is 1. The van der Waals surface area contributed by atoms with E-state index in [9.17, 15) is 4.79 Å². The highest BCUT2D eigenvalue weighted by Gasteiger charge is 2.08. The van der Waals surface area contributed by atoms with Crippen LogP contribution in [-0.4, -0.2) is 16.6 Å². The number of para-hydroxylation sites is 1. The first-order valence-corrected chi connectivity index (χ1v) is 9.00. The first-order chi connectivity index (χ1) is 13.1. The molecule has 1 aromatic heterocycles. The van der Waals surface area contributed by atoms with Gasteiger partial charge in [0.25, 0.3) is 0 Å². The monoisotopic (exact) mass is 355 g/mol. The molecule has 0 saturated heterocycles. The number of hydrogen-bond acceptors (Lipinski definition) is 2. The summed E-state index contributed by atoms with van der Waals surface area (Å²) in [5.74, 6) is -0.139. The molecule has 4 rings (SSSR count). The maximum absolute atomic E-state index is 12.3. The van der Waals surface area contributed by atoms with Gasteiger partial charge < -0.3 is 4.98 Å². The number of carbonyl (C=O) groups excluding carboxylic acids is 1. The predicted molar refractivity (Wildman–Crippen MR) is 111 cm³/mol. The van der Waals surface area contributed by atoms with E-state index >= 15 is 0 Å². The highest BCUT2D eigenvalue weighted by molar-refractivity contribution is 6.04. The third-order valence-corrected chi connectivity index (χ3v) is 4.87. The lowest BCUT2D eigenvalue weighted by molar-refractivity contribution is -0.120. The van der Waals surface area contributed by atoms with Gasteiger partial charge in [0.05, 0.1) is 12.1 Å². The van der Waals surface area contributed by atoms with Crippen molar-refractivity contribution in [2.75, 3.05) is 0 Å². The number of amides is 1. The van der Waals surface area contributed by atoms with Crippen molar-refractivity contribution < 1.29 is 4.79 Å². The van der Waals surface area contributed by atoms with Crippen molar-refractivity contribution in [3.63, 3.8) is 0 Å². The van der Waals surface area contributed by atoms with E-state index in [4.69, 9.17) is 0 Å². The topological polar surface area (TPSA) is 57.2 Å². The van der Waals surface area contributed by atoms with Gasteiger partial charge >= 0.3 is 0 Å². The van der Waals surface area contributed by atoms with E-state index < -0.39 is 0 Å². The molecule has 0 aliphatic rings. The Balaban J connectivity index is 1.50. The zero-order valence-corrected chi connectivity index (χ0v) is 15.4. The minimum atomic E-state index is -0.139. The van der Waals surface area contributed by atoms with Crippen LogP contribution in [0.4, 0.5) is 0 Å². The van der Waals surface area contributed by atoms with Crippen LogP contribution >= 0.6 is 0 Å². The Kier molecular flexibility index (Phi) is 4.47. The molecule has 0 atom stereocenters. The molecule has 0 fully saturated rings. The molecule has 27 heavy (non-hydrogen) atoms. The Morgan fingerprint density at radius 3 is 2.56 bits per heavy atom. The summed E-state index contributed by atoms with van der Waals surface area (Å²) in [5.41, 5.74) is 7.59. The number of benzene rings is 3. The van der Waals surface area contributed by atoms with E-state index in [2.05, 4.69) is 46.7 Å². The Morgan fingerprint density at radius 2 is 1.74 bits per heavy atom. The van der Waals surface area contributed by atoms with Crippen LogP contribution in [-0.2, 0) is 11.2 Å². The fourth-order valence-corrected chi connectivity index (χ4v) is 3.47. The average molecular weight is 355 g/mol. The van der Waals surface area contributed by atoms with Crippen molar-refractivity contribution in [1.82, 2.24) is 10.4 Å². The number of carbonyl (C=O) groups is 1. The van der Waals surface area contributed by atoms with Crippen LogP contribution in [0, 0.1) is 6.92 Å². The fraction of sp³-hybridized carbons (Fsp3) is 0.130. The van der Waals surface area contributed by atoms with Gasteiger partial charge in [-0.15, -0.1) is 0 Å². The number of H-pyrrole nitrogens is 1. The van der Waals surface area contributed by atoms with Gasteiger partial charge in [0.2, 0.25) is 5.91 Å². The lowest BCUT2D eigenvalue weighted by Crippen LogP contribution is -2.21. The molecule has 1 heterocycles. The summed E-state index contributed by atoms with van der Waals surface area (Å²) in [6.45, 7) is 4.00. The second-order valence-electron chi connectivity index (χ2n) is 6.75. The van der Waals surface area contributed by atoms with Gasteiger partial charge in [-0.3, -0.25) is 4.79 Å². The van der Waals surface area contributed by atoms with Crippen molar-refractivity contribution in [1.29, 1.82) is 0 Å². The minimum Gasteiger partial charge on any atom is -0.358 e. The maximum Gasteiger partial charge on any atom is 0.245 e. The summed E-state index contributed by atoms with van der Waals surface area (Å²) in [6, 6.07) is 22.4.